The molecule has 43 heavy (non-hydrogen) atoms. The number of nitrogens with zero attached hydrogens (tertiary/aromatic N) is 5. The summed E-state index contributed by atoms with van der Waals surface area (Å²) in [5.41, 5.74) is 1.89. The van der Waals surface area contributed by atoms with Crippen molar-refractivity contribution in [1.29, 1.82) is 0 Å². The number of aliphatic hydroxyl groups is 1. The molecule has 0 spiro atoms. The highest BCUT2D eigenvalue weighted by molar-refractivity contribution is 5.94. The normalized spacial score (nSPS) is 22.6. The van der Waals surface area contributed by atoms with Crippen LogP contribution in [0.4, 0.5) is 21.7 Å². The van der Waals surface area contributed by atoms with E-state index in [1.165, 1.54) is 12.1 Å². The summed E-state index contributed by atoms with van der Waals surface area (Å²) in [6.45, 7) is 6.43. The number of pyridine rings is 2. The molecule has 7 heterocycles. The fraction of sp³-hybridized carbons (Fsp3) is 0.387. The van der Waals surface area contributed by atoms with Gasteiger partial charge in [0.25, 0.3) is 5.89 Å². The number of hydrogen-bond acceptors (Lipinski definition) is 11. The number of fused-ring (bicyclic) bond motifs is 4. The number of nitrogens with one attached hydrogen (secondary N) is 2. The van der Waals surface area contributed by atoms with Gasteiger partial charge in [-0.15, -0.1) is 0 Å². The molecule has 3 aromatic heterocycles. The van der Waals surface area contributed by atoms with Crippen LogP contribution in [0.25, 0.3) is 11.5 Å². The van der Waals surface area contributed by atoms with Gasteiger partial charge in [-0.1, -0.05) is 17.3 Å². The number of carbonyl (C=O) groups excluding carboxylic acids is 1. The van der Waals surface area contributed by atoms with E-state index in [9.17, 15) is 14.3 Å². The highest BCUT2D eigenvalue weighted by atomic mass is 19.1. The molecule has 0 aliphatic carbocycles. The molecule has 3 N–H and O–H groups in total. The van der Waals surface area contributed by atoms with Crippen molar-refractivity contribution in [2.45, 2.75) is 50.2 Å². The number of piperidine rings is 3. The number of cyclic esters (lactones) is 1. The molecule has 11 nitrogen and oxygen atoms in total. The van der Waals surface area contributed by atoms with E-state index in [4.69, 9.17) is 14.2 Å². The first-order valence-corrected chi connectivity index (χ1v) is 14.4. The van der Waals surface area contributed by atoms with Crippen LogP contribution in [0.15, 0.2) is 53.2 Å². The summed E-state index contributed by atoms with van der Waals surface area (Å²) in [6.07, 6.45) is 4.62. The van der Waals surface area contributed by atoms with Crippen LogP contribution in [0.2, 0.25) is 0 Å². The number of halogens is 1. The maximum Gasteiger partial charge on any atom is 0.341 e. The first-order valence-electron chi connectivity index (χ1n) is 14.4. The Labute approximate surface area is 247 Å². The van der Waals surface area contributed by atoms with E-state index in [-0.39, 0.29) is 17.8 Å². The zero-order valence-corrected chi connectivity index (χ0v) is 23.9. The number of aromatic nitrogens is 4. The average molecular weight is 586 g/mol. The van der Waals surface area contributed by atoms with E-state index in [0.717, 1.165) is 38.9 Å². The summed E-state index contributed by atoms with van der Waals surface area (Å²) in [5, 5.41) is 21.3. The maximum atomic E-state index is 13.6. The quantitative estimate of drug-likeness (QED) is 0.248. The van der Waals surface area contributed by atoms with Gasteiger partial charge < -0.3 is 29.9 Å². The maximum absolute atomic E-state index is 13.6. The third-order valence-corrected chi connectivity index (χ3v) is 8.83. The zero-order valence-electron chi connectivity index (χ0n) is 23.9. The molecule has 2 bridgehead atoms. The summed E-state index contributed by atoms with van der Waals surface area (Å²) in [7, 11) is 0. The lowest BCUT2D eigenvalue weighted by Gasteiger charge is -2.46. The second-order valence-corrected chi connectivity index (χ2v) is 12.0. The number of hydrogen-bond donors (Lipinski definition) is 3. The standard InChI is InChI=1S/C31H32FN7O4/c1-30(2)26-20(28(41)42-30)7-8-24(36-26)35-25-15-22(34-23(17-40)18-3-5-19(32)6-4-18)21(16-33-25)27-37-29(38-43-27)31-9-12-39(13-10-31)14-11-31/h3-8,15-16,23,40H,9-14,17H2,1-2H3,(H2,33,34,35,36). The van der Waals surface area contributed by atoms with Crippen LogP contribution in [0.3, 0.4) is 0 Å². The fourth-order valence-corrected chi connectivity index (χ4v) is 6.26. The lowest BCUT2D eigenvalue weighted by Crippen LogP contribution is -2.51. The van der Waals surface area contributed by atoms with Gasteiger partial charge in [-0.05, 0) is 82.6 Å². The number of rotatable bonds is 8. The third-order valence-electron chi connectivity index (χ3n) is 8.83. The molecule has 8 rings (SSSR count). The molecule has 4 aliphatic heterocycles. The first kappa shape index (κ1) is 27.4. The third kappa shape index (κ3) is 5.00. The van der Waals surface area contributed by atoms with E-state index in [1.54, 1.807) is 50.4 Å². The van der Waals surface area contributed by atoms with Crippen molar-refractivity contribution < 1.29 is 23.6 Å². The minimum absolute atomic E-state index is 0.0845. The Bertz CT molecular complexity index is 1670. The van der Waals surface area contributed by atoms with E-state index >= 15 is 0 Å². The molecule has 222 valence electrons. The van der Waals surface area contributed by atoms with Crippen LogP contribution < -0.4 is 10.6 Å². The van der Waals surface area contributed by atoms with Crippen molar-refractivity contribution in [2.24, 2.45) is 0 Å². The average Bonchev–Trinajstić information content (AvgIpc) is 3.60. The summed E-state index contributed by atoms with van der Waals surface area (Å²) >= 11 is 0. The van der Waals surface area contributed by atoms with E-state index in [2.05, 4.69) is 30.7 Å². The van der Waals surface area contributed by atoms with E-state index < -0.39 is 17.6 Å². The molecule has 1 atom stereocenters. The molecule has 0 amide bonds. The molecule has 0 saturated carbocycles. The number of benzene rings is 1. The minimum Gasteiger partial charge on any atom is -0.449 e. The van der Waals surface area contributed by atoms with E-state index in [0.29, 0.717) is 51.4 Å². The smallest absolute Gasteiger partial charge is 0.341 e. The van der Waals surface area contributed by atoms with Gasteiger partial charge in [-0.25, -0.2) is 19.2 Å². The van der Waals surface area contributed by atoms with Crippen LogP contribution >= 0.6 is 0 Å². The van der Waals surface area contributed by atoms with Gasteiger partial charge in [-0.2, -0.15) is 4.98 Å². The van der Waals surface area contributed by atoms with Gasteiger partial charge in [0, 0.05) is 17.7 Å². The van der Waals surface area contributed by atoms with Crippen molar-refractivity contribution in [2.75, 3.05) is 36.9 Å². The molecule has 3 saturated heterocycles. The highest BCUT2D eigenvalue weighted by Crippen LogP contribution is 2.43. The molecule has 1 aromatic carbocycles. The lowest BCUT2D eigenvalue weighted by atomic mass is 9.71. The summed E-state index contributed by atoms with van der Waals surface area (Å²) < 4.78 is 24.9. The lowest BCUT2D eigenvalue weighted by molar-refractivity contribution is 0.00833. The summed E-state index contributed by atoms with van der Waals surface area (Å²) in [5.74, 6) is 1.21. The Kier molecular flexibility index (Phi) is 6.62. The Hall–Kier alpha value is -4.42. The molecule has 4 aromatic rings. The highest BCUT2D eigenvalue weighted by Gasteiger charge is 2.44. The largest absolute Gasteiger partial charge is 0.449 e. The SMILES string of the molecule is CC1(C)OC(=O)c2ccc(Nc3cc(NC(CO)c4ccc(F)cc4)c(-c4nc(C56CCN(CC5)CC6)no4)cn3)nc21. The molecular weight excluding hydrogens is 553 g/mol. The molecule has 12 heteroatoms. The van der Waals surface area contributed by atoms with Crippen molar-refractivity contribution in [3.8, 4) is 11.5 Å². The summed E-state index contributed by atoms with van der Waals surface area (Å²) in [6, 6.07) is 10.6. The molecule has 0 radical (unpaired) electrons. The number of anilines is 3. The Morgan fingerprint density at radius 1 is 1.02 bits per heavy atom. The van der Waals surface area contributed by atoms with Gasteiger partial charge in [-0.3, -0.25) is 0 Å². The van der Waals surface area contributed by atoms with Crippen LogP contribution in [-0.4, -0.2) is 62.3 Å². The number of aliphatic hydroxyl groups excluding tert-OH is 1. The van der Waals surface area contributed by atoms with Crippen molar-refractivity contribution in [3.63, 3.8) is 0 Å². The Morgan fingerprint density at radius 3 is 2.49 bits per heavy atom. The topological polar surface area (TPSA) is 139 Å². The fourth-order valence-electron chi connectivity index (χ4n) is 6.26. The van der Waals surface area contributed by atoms with Crippen LogP contribution in [-0.2, 0) is 15.8 Å². The first-order chi connectivity index (χ1) is 20.7. The molecule has 3 fully saturated rings. The summed E-state index contributed by atoms with van der Waals surface area (Å²) in [4.78, 5) is 28.8. The van der Waals surface area contributed by atoms with Crippen LogP contribution in [0.5, 0.6) is 0 Å². The van der Waals surface area contributed by atoms with Crippen molar-refractivity contribution in [3.05, 3.63) is 77.1 Å². The van der Waals surface area contributed by atoms with E-state index in [1.807, 2.05) is 0 Å². The minimum atomic E-state index is -0.846. The second kappa shape index (κ2) is 10.4. The van der Waals surface area contributed by atoms with Gasteiger partial charge in [0.1, 0.15) is 28.7 Å². The Morgan fingerprint density at radius 2 is 1.77 bits per heavy atom. The predicted octanol–water partition coefficient (Wildman–Crippen LogP) is 4.70. The monoisotopic (exact) mass is 585 g/mol. The van der Waals surface area contributed by atoms with Crippen LogP contribution in [0, 0.1) is 5.82 Å². The van der Waals surface area contributed by atoms with Crippen LogP contribution in [0.1, 0.15) is 66.6 Å². The van der Waals surface area contributed by atoms with Gasteiger partial charge in [0.05, 0.1) is 29.5 Å². The zero-order chi connectivity index (χ0) is 29.8. The number of carbonyl (C=O) groups is 1. The van der Waals surface area contributed by atoms with Crippen molar-refractivity contribution in [1.82, 2.24) is 25.0 Å². The van der Waals surface area contributed by atoms with Gasteiger partial charge >= 0.3 is 5.97 Å². The van der Waals surface area contributed by atoms with Gasteiger partial charge in [0.2, 0.25) is 0 Å². The second-order valence-electron chi connectivity index (χ2n) is 12.0. The molecular formula is C31H32FN7O4. The molecule has 4 aliphatic rings. The molecule has 1 unspecified atom stereocenters. The van der Waals surface area contributed by atoms with Gasteiger partial charge in [0.15, 0.2) is 5.82 Å². The van der Waals surface area contributed by atoms with Crippen molar-refractivity contribution >= 4 is 23.3 Å². The number of esters is 1. The Balaban J connectivity index is 1.23. The number of ether oxygens (including phenoxy) is 1. The predicted molar refractivity (Wildman–Crippen MR) is 155 cm³/mol.